The summed E-state index contributed by atoms with van der Waals surface area (Å²) in [5, 5.41) is 2.36. The van der Waals surface area contributed by atoms with E-state index in [2.05, 4.69) is 10.1 Å². The summed E-state index contributed by atoms with van der Waals surface area (Å²) >= 11 is 1.92. The summed E-state index contributed by atoms with van der Waals surface area (Å²) < 4.78 is 10.2. The van der Waals surface area contributed by atoms with E-state index in [-0.39, 0.29) is 5.70 Å². The highest BCUT2D eigenvalue weighted by Gasteiger charge is 2.20. The Morgan fingerprint density at radius 2 is 1.75 bits per heavy atom. The van der Waals surface area contributed by atoms with Crippen LogP contribution in [0.15, 0.2) is 9.28 Å². The number of hydrogen-bond donors (Lipinski definition) is 1. The number of halogens is 1. The highest BCUT2D eigenvalue weighted by molar-refractivity contribution is 14.1. The lowest BCUT2D eigenvalue weighted by Gasteiger charge is -2.20. The summed E-state index contributed by atoms with van der Waals surface area (Å²) in [6.45, 7) is 6.91. The van der Waals surface area contributed by atoms with Crippen molar-refractivity contribution in [2.75, 3.05) is 7.11 Å². The van der Waals surface area contributed by atoms with Crippen LogP contribution in [-0.4, -0.2) is 24.8 Å². The highest BCUT2D eigenvalue weighted by Crippen LogP contribution is 2.12. The third-order valence-electron chi connectivity index (χ3n) is 1.36. The van der Waals surface area contributed by atoms with Crippen molar-refractivity contribution in [1.29, 1.82) is 0 Å². The first-order valence-corrected chi connectivity index (χ1v) is 5.70. The van der Waals surface area contributed by atoms with Crippen LogP contribution in [0.4, 0.5) is 4.79 Å². The number of nitrogens with one attached hydrogen (secondary N) is 1. The molecule has 0 radical (unpaired) electrons. The van der Waals surface area contributed by atoms with Gasteiger partial charge in [0, 0.05) is 3.58 Å². The number of carbonyl (C=O) groups excluding carboxylic acids is 2. The van der Waals surface area contributed by atoms with Gasteiger partial charge in [-0.1, -0.05) is 0 Å². The van der Waals surface area contributed by atoms with E-state index >= 15 is 0 Å². The maximum atomic E-state index is 11.4. The lowest BCUT2D eigenvalue weighted by Crippen LogP contribution is -2.34. The van der Waals surface area contributed by atoms with Crippen molar-refractivity contribution in [1.82, 2.24) is 5.32 Å². The van der Waals surface area contributed by atoms with Gasteiger partial charge in [-0.05, 0) is 50.3 Å². The van der Waals surface area contributed by atoms with Crippen LogP contribution in [0, 0.1) is 0 Å². The lowest BCUT2D eigenvalue weighted by atomic mass is 10.2. The molecule has 0 rings (SSSR count). The van der Waals surface area contributed by atoms with Gasteiger partial charge in [0.2, 0.25) is 0 Å². The van der Waals surface area contributed by atoms with Gasteiger partial charge in [-0.3, -0.25) is 5.32 Å². The van der Waals surface area contributed by atoms with E-state index in [0.29, 0.717) is 3.58 Å². The molecule has 0 saturated carbocycles. The van der Waals surface area contributed by atoms with E-state index < -0.39 is 17.7 Å². The highest BCUT2D eigenvalue weighted by atomic mass is 127. The zero-order chi connectivity index (χ0) is 12.9. The first-order chi connectivity index (χ1) is 7.17. The molecule has 0 aromatic rings. The van der Waals surface area contributed by atoms with Crippen LogP contribution < -0.4 is 5.32 Å². The molecule has 0 aliphatic carbocycles. The molecule has 0 saturated heterocycles. The van der Waals surface area contributed by atoms with Crippen LogP contribution in [0.1, 0.15) is 27.7 Å². The number of ether oxygens (including phenoxy) is 2. The van der Waals surface area contributed by atoms with E-state index in [1.54, 1.807) is 27.7 Å². The molecular formula is C10H16INO4. The Balaban J connectivity index is 4.63. The standard InChI is InChI=1S/C10H16INO4/c1-6(11)7(8(13)15-5)12-9(14)16-10(2,3)4/h1-5H3,(H,12,14)/b7-6+. The summed E-state index contributed by atoms with van der Waals surface area (Å²) in [4.78, 5) is 22.7. The number of hydrogen-bond acceptors (Lipinski definition) is 4. The molecule has 0 aliphatic heterocycles. The zero-order valence-electron chi connectivity index (χ0n) is 10.0. The molecule has 0 fully saturated rings. The predicted octanol–water partition coefficient (Wildman–Crippen LogP) is 2.35. The number of amides is 1. The van der Waals surface area contributed by atoms with Crippen molar-refractivity contribution >= 4 is 34.7 Å². The number of rotatable bonds is 2. The Morgan fingerprint density at radius 1 is 1.25 bits per heavy atom. The third-order valence-corrected chi connectivity index (χ3v) is 1.90. The quantitative estimate of drug-likeness (QED) is 0.476. The number of esters is 1. The number of methoxy groups -OCH3 is 1. The van der Waals surface area contributed by atoms with Gasteiger partial charge in [-0.15, -0.1) is 0 Å². The normalized spacial score (nSPS) is 12.6. The first kappa shape index (κ1) is 15.2. The van der Waals surface area contributed by atoms with E-state index in [1.807, 2.05) is 22.6 Å². The molecule has 0 heterocycles. The van der Waals surface area contributed by atoms with Gasteiger partial charge in [0.05, 0.1) is 7.11 Å². The fourth-order valence-corrected chi connectivity index (χ4v) is 1.14. The number of carbonyl (C=O) groups is 2. The second-order valence-corrected chi connectivity index (χ2v) is 5.65. The molecule has 0 aromatic carbocycles. The van der Waals surface area contributed by atoms with Crippen LogP contribution in [0.2, 0.25) is 0 Å². The SMILES string of the molecule is COC(=O)/C(NC(=O)OC(C)(C)C)=C(/C)I. The molecule has 1 amide bonds. The van der Waals surface area contributed by atoms with Crippen molar-refractivity contribution in [3.05, 3.63) is 9.28 Å². The van der Waals surface area contributed by atoms with Crippen LogP contribution in [0.3, 0.4) is 0 Å². The molecular weight excluding hydrogens is 325 g/mol. The second-order valence-electron chi connectivity index (χ2n) is 4.03. The molecule has 1 N–H and O–H groups in total. The van der Waals surface area contributed by atoms with Crippen molar-refractivity contribution in [3.8, 4) is 0 Å². The largest absolute Gasteiger partial charge is 0.464 e. The number of alkyl carbamates (subject to hydrolysis) is 1. The van der Waals surface area contributed by atoms with E-state index in [4.69, 9.17) is 4.74 Å². The lowest BCUT2D eigenvalue weighted by molar-refractivity contribution is -0.136. The van der Waals surface area contributed by atoms with Crippen LogP contribution in [0.25, 0.3) is 0 Å². The third kappa shape index (κ3) is 5.94. The van der Waals surface area contributed by atoms with Crippen molar-refractivity contribution in [3.63, 3.8) is 0 Å². The van der Waals surface area contributed by atoms with Crippen molar-refractivity contribution < 1.29 is 19.1 Å². The van der Waals surface area contributed by atoms with E-state index in [0.717, 1.165) is 0 Å². The monoisotopic (exact) mass is 341 g/mol. The van der Waals surface area contributed by atoms with E-state index in [9.17, 15) is 9.59 Å². The maximum absolute atomic E-state index is 11.4. The topological polar surface area (TPSA) is 64.6 Å². The molecule has 5 nitrogen and oxygen atoms in total. The predicted molar refractivity (Wildman–Crippen MR) is 68.1 cm³/mol. The summed E-state index contributed by atoms with van der Waals surface area (Å²) in [5.41, 5.74) is -0.512. The Morgan fingerprint density at radius 3 is 2.06 bits per heavy atom. The average Bonchev–Trinajstić information content (AvgIpc) is 2.09. The minimum atomic E-state index is -0.677. The molecule has 0 aromatic heterocycles. The summed E-state index contributed by atoms with van der Waals surface area (Å²) in [5.74, 6) is -0.599. The Kier molecular flexibility index (Phi) is 5.77. The van der Waals surface area contributed by atoms with Gasteiger partial charge in [-0.2, -0.15) is 0 Å². The van der Waals surface area contributed by atoms with Gasteiger partial charge in [-0.25, -0.2) is 9.59 Å². The summed E-state index contributed by atoms with van der Waals surface area (Å²) in [6, 6.07) is 0. The van der Waals surface area contributed by atoms with Gasteiger partial charge < -0.3 is 9.47 Å². The Hall–Kier alpha value is -0.790. The minimum absolute atomic E-state index is 0.0948. The van der Waals surface area contributed by atoms with Gasteiger partial charge in [0.25, 0.3) is 0 Å². The second kappa shape index (κ2) is 6.07. The zero-order valence-corrected chi connectivity index (χ0v) is 12.2. The van der Waals surface area contributed by atoms with Crippen LogP contribution in [0.5, 0.6) is 0 Å². The van der Waals surface area contributed by atoms with Crippen molar-refractivity contribution in [2.45, 2.75) is 33.3 Å². The van der Waals surface area contributed by atoms with Crippen molar-refractivity contribution in [2.24, 2.45) is 0 Å². The molecule has 0 unspecified atom stereocenters. The number of allylic oxidation sites excluding steroid dienone is 1. The Bertz CT molecular complexity index is 313. The fourth-order valence-electron chi connectivity index (χ4n) is 0.786. The summed E-state index contributed by atoms with van der Waals surface area (Å²) in [7, 11) is 1.25. The smallest absolute Gasteiger partial charge is 0.412 e. The van der Waals surface area contributed by atoms with Gasteiger partial charge in [0.15, 0.2) is 0 Å². The molecule has 0 aliphatic rings. The molecule has 92 valence electrons. The van der Waals surface area contributed by atoms with Gasteiger partial charge >= 0.3 is 12.1 Å². The first-order valence-electron chi connectivity index (χ1n) is 4.62. The molecule has 0 spiro atoms. The van der Waals surface area contributed by atoms with Crippen LogP contribution >= 0.6 is 22.6 Å². The van der Waals surface area contributed by atoms with Crippen LogP contribution in [-0.2, 0) is 14.3 Å². The fraction of sp³-hybridized carbons (Fsp3) is 0.600. The molecule has 0 bridgehead atoms. The average molecular weight is 341 g/mol. The molecule has 0 atom stereocenters. The minimum Gasteiger partial charge on any atom is -0.464 e. The maximum Gasteiger partial charge on any atom is 0.412 e. The molecule has 6 heteroatoms. The Labute approximate surface area is 109 Å². The van der Waals surface area contributed by atoms with E-state index in [1.165, 1.54) is 7.11 Å². The summed E-state index contributed by atoms with van der Waals surface area (Å²) in [6.07, 6.45) is -0.677. The van der Waals surface area contributed by atoms with Gasteiger partial charge in [0.1, 0.15) is 11.3 Å². The molecule has 16 heavy (non-hydrogen) atoms.